The lowest BCUT2D eigenvalue weighted by Crippen LogP contribution is -2.05. The number of anilines is 1. The molecular formula is C13H9F4N3. The molecular weight excluding hydrogens is 274 g/mol. The largest absolute Gasteiger partial charge is 0.272 e. The van der Waals surface area contributed by atoms with E-state index >= 15 is 0 Å². The second-order valence-corrected chi connectivity index (χ2v) is 3.89. The highest BCUT2D eigenvalue weighted by molar-refractivity contribution is 5.98. The van der Waals surface area contributed by atoms with Crippen molar-refractivity contribution in [1.82, 2.24) is 4.98 Å². The van der Waals surface area contributed by atoms with Crippen LogP contribution in [0, 0.1) is 23.3 Å². The lowest BCUT2D eigenvalue weighted by molar-refractivity contribution is 0.458. The van der Waals surface area contributed by atoms with E-state index in [1.807, 2.05) is 5.43 Å². The Morgan fingerprint density at radius 3 is 2.15 bits per heavy atom. The molecule has 0 atom stereocenters. The molecule has 2 aromatic rings. The van der Waals surface area contributed by atoms with Crippen molar-refractivity contribution in [2.45, 2.75) is 6.92 Å². The van der Waals surface area contributed by atoms with Gasteiger partial charge in [-0.1, -0.05) is 0 Å². The van der Waals surface area contributed by atoms with Crippen molar-refractivity contribution in [2.24, 2.45) is 5.10 Å². The van der Waals surface area contributed by atoms with E-state index in [1.165, 1.54) is 12.4 Å². The van der Waals surface area contributed by atoms with Crippen molar-refractivity contribution < 1.29 is 17.6 Å². The zero-order valence-corrected chi connectivity index (χ0v) is 10.3. The van der Waals surface area contributed by atoms with Crippen LogP contribution in [-0.2, 0) is 0 Å². The van der Waals surface area contributed by atoms with Gasteiger partial charge >= 0.3 is 0 Å². The van der Waals surface area contributed by atoms with Crippen molar-refractivity contribution in [3.63, 3.8) is 0 Å². The minimum Gasteiger partial charge on any atom is -0.272 e. The summed E-state index contributed by atoms with van der Waals surface area (Å²) in [6, 6.07) is 3.38. The Labute approximate surface area is 112 Å². The normalized spacial score (nSPS) is 11.6. The molecule has 0 aliphatic rings. The number of hydrogen-bond acceptors (Lipinski definition) is 3. The fourth-order valence-corrected chi connectivity index (χ4v) is 1.47. The van der Waals surface area contributed by atoms with Crippen molar-refractivity contribution in [3.8, 4) is 0 Å². The van der Waals surface area contributed by atoms with Crippen LogP contribution in [0.25, 0.3) is 0 Å². The zero-order chi connectivity index (χ0) is 14.7. The number of nitrogens with zero attached hydrogens (tertiary/aromatic N) is 2. The average Bonchev–Trinajstić information content (AvgIpc) is 2.46. The topological polar surface area (TPSA) is 37.3 Å². The molecule has 0 amide bonds. The second-order valence-electron chi connectivity index (χ2n) is 3.89. The number of hydrazone groups is 1. The number of pyridine rings is 1. The standard InChI is InChI=1S/C13H9F4N3/c1-7(8-2-4-18-5-3-8)19-20-13-11(16)9(14)6-10(15)12(13)17/h2-6,20H,1H3. The van der Waals surface area contributed by atoms with Gasteiger partial charge in [0.25, 0.3) is 0 Å². The zero-order valence-electron chi connectivity index (χ0n) is 10.3. The average molecular weight is 283 g/mol. The van der Waals surface area contributed by atoms with Gasteiger partial charge in [-0.15, -0.1) is 0 Å². The molecule has 0 aliphatic carbocycles. The summed E-state index contributed by atoms with van der Waals surface area (Å²) in [5, 5.41) is 3.69. The Bertz CT molecular complexity index is 630. The summed E-state index contributed by atoms with van der Waals surface area (Å²) in [5.41, 5.74) is 2.04. The van der Waals surface area contributed by atoms with Gasteiger partial charge in [0, 0.05) is 24.0 Å². The number of hydrogen-bond donors (Lipinski definition) is 1. The van der Waals surface area contributed by atoms with E-state index < -0.39 is 29.0 Å². The lowest BCUT2D eigenvalue weighted by atomic mass is 10.2. The molecule has 104 valence electrons. The molecule has 1 aromatic heterocycles. The van der Waals surface area contributed by atoms with Crippen LogP contribution in [0.2, 0.25) is 0 Å². The highest BCUT2D eigenvalue weighted by Crippen LogP contribution is 2.24. The van der Waals surface area contributed by atoms with E-state index in [1.54, 1.807) is 19.1 Å². The Hall–Kier alpha value is -2.44. The maximum Gasteiger partial charge on any atom is 0.186 e. The summed E-state index contributed by atoms with van der Waals surface area (Å²) in [4.78, 5) is 3.80. The summed E-state index contributed by atoms with van der Waals surface area (Å²) in [7, 11) is 0. The van der Waals surface area contributed by atoms with E-state index in [4.69, 9.17) is 0 Å². The predicted octanol–water partition coefficient (Wildman–Crippen LogP) is 3.47. The Balaban J connectivity index is 2.32. The van der Waals surface area contributed by atoms with Gasteiger partial charge in [0.15, 0.2) is 23.3 Å². The smallest absolute Gasteiger partial charge is 0.186 e. The van der Waals surface area contributed by atoms with Gasteiger partial charge in [0.2, 0.25) is 0 Å². The van der Waals surface area contributed by atoms with Crippen molar-refractivity contribution in [1.29, 1.82) is 0 Å². The fourth-order valence-electron chi connectivity index (χ4n) is 1.47. The van der Waals surface area contributed by atoms with E-state index in [0.29, 0.717) is 11.3 Å². The molecule has 20 heavy (non-hydrogen) atoms. The van der Waals surface area contributed by atoms with Crippen LogP contribution >= 0.6 is 0 Å². The summed E-state index contributed by atoms with van der Waals surface area (Å²) in [6.45, 7) is 1.56. The van der Waals surface area contributed by atoms with Crippen LogP contribution in [0.5, 0.6) is 0 Å². The number of benzene rings is 1. The molecule has 1 aromatic carbocycles. The molecule has 0 aliphatic heterocycles. The van der Waals surface area contributed by atoms with Crippen LogP contribution in [0.1, 0.15) is 12.5 Å². The molecule has 0 spiro atoms. The first-order valence-corrected chi connectivity index (χ1v) is 5.54. The maximum atomic E-state index is 13.4. The quantitative estimate of drug-likeness (QED) is 0.405. The molecule has 1 heterocycles. The third kappa shape index (κ3) is 2.76. The first-order valence-electron chi connectivity index (χ1n) is 5.54. The van der Waals surface area contributed by atoms with Gasteiger partial charge in [0.1, 0.15) is 5.69 Å². The molecule has 0 bridgehead atoms. The minimum absolute atomic E-state index is 0.134. The number of halogens is 4. The molecule has 0 saturated heterocycles. The summed E-state index contributed by atoms with van der Waals surface area (Å²) in [5.74, 6) is -6.06. The summed E-state index contributed by atoms with van der Waals surface area (Å²) < 4.78 is 52.7. The van der Waals surface area contributed by atoms with Crippen molar-refractivity contribution in [3.05, 3.63) is 59.4 Å². The predicted molar refractivity (Wildman–Crippen MR) is 66.3 cm³/mol. The monoisotopic (exact) mass is 283 g/mol. The number of aromatic nitrogens is 1. The van der Waals surface area contributed by atoms with E-state index in [0.717, 1.165) is 0 Å². The lowest BCUT2D eigenvalue weighted by Gasteiger charge is -2.07. The minimum atomic E-state index is -1.53. The first-order chi connectivity index (χ1) is 9.50. The molecule has 2 rings (SSSR count). The SMILES string of the molecule is CC(=NNc1c(F)c(F)cc(F)c1F)c1ccncc1. The maximum absolute atomic E-state index is 13.4. The van der Waals surface area contributed by atoms with E-state index in [9.17, 15) is 17.6 Å². The molecule has 0 fully saturated rings. The van der Waals surface area contributed by atoms with Crippen molar-refractivity contribution >= 4 is 11.4 Å². The van der Waals surface area contributed by atoms with Crippen LogP contribution in [-0.4, -0.2) is 10.7 Å². The highest BCUT2D eigenvalue weighted by Gasteiger charge is 2.18. The number of rotatable bonds is 3. The molecule has 7 heteroatoms. The van der Waals surface area contributed by atoms with Crippen LogP contribution in [0.4, 0.5) is 23.2 Å². The summed E-state index contributed by atoms with van der Waals surface area (Å²) >= 11 is 0. The van der Waals surface area contributed by atoms with Gasteiger partial charge in [-0.25, -0.2) is 17.6 Å². The first kappa shape index (κ1) is 14.0. The molecule has 3 nitrogen and oxygen atoms in total. The van der Waals surface area contributed by atoms with Crippen LogP contribution < -0.4 is 5.43 Å². The fraction of sp³-hybridized carbons (Fsp3) is 0.0769. The van der Waals surface area contributed by atoms with Gasteiger partial charge in [-0.2, -0.15) is 5.10 Å². The van der Waals surface area contributed by atoms with E-state index in [-0.39, 0.29) is 6.07 Å². The van der Waals surface area contributed by atoms with Gasteiger partial charge < -0.3 is 0 Å². The van der Waals surface area contributed by atoms with Gasteiger partial charge in [0.05, 0.1) is 5.71 Å². The van der Waals surface area contributed by atoms with Crippen LogP contribution in [0.15, 0.2) is 35.7 Å². The number of nitrogens with one attached hydrogen (secondary N) is 1. The Kier molecular flexibility index (Phi) is 3.97. The molecule has 0 unspecified atom stereocenters. The third-order valence-electron chi connectivity index (χ3n) is 2.55. The van der Waals surface area contributed by atoms with Crippen LogP contribution in [0.3, 0.4) is 0 Å². The Morgan fingerprint density at radius 1 is 1.05 bits per heavy atom. The summed E-state index contributed by atoms with van der Waals surface area (Å²) in [6.07, 6.45) is 3.02. The van der Waals surface area contributed by atoms with E-state index in [2.05, 4.69) is 10.1 Å². The molecule has 0 saturated carbocycles. The second kappa shape index (κ2) is 5.68. The Morgan fingerprint density at radius 2 is 1.60 bits per heavy atom. The third-order valence-corrected chi connectivity index (χ3v) is 2.55. The molecule has 0 radical (unpaired) electrons. The van der Waals surface area contributed by atoms with Gasteiger partial charge in [-0.05, 0) is 19.1 Å². The van der Waals surface area contributed by atoms with Gasteiger partial charge in [-0.3, -0.25) is 10.4 Å². The van der Waals surface area contributed by atoms with Crippen molar-refractivity contribution in [2.75, 3.05) is 5.43 Å². The highest BCUT2D eigenvalue weighted by atomic mass is 19.2. The molecule has 1 N–H and O–H groups in total.